The normalized spacial score (nSPS) is 10.1. The van der Waals surface area contributed by atoms with Gasteiger partial charge in [-0.1, -0.05) is 5.92 Å². The molecule has 0 aromatic carbocycles. The van der Waals surface area contributed by atoms with Gasteiger partial charge in [-0.2, -0.15) is 5.10 Å². The summed E-state index contributed by atoms with van der Waals surface area (Å²) in [4.78, 5) is 3.77. The lowest BCUT2D eigenvalue weighted by Crippen LogP contribution is -2.10. The summed E-state index contributed by atoms with van der Waals surface area (Å²) >= 11 is 5.99. The lowest BCUT2D eigenvalue weighted by Gasteiger charge is -2.09. The molecule has 4 nitrogen and oxygen atoms in total. The number of aromatic nitrogens is 3. The van der Waals surface area contributed by atoms with Crippen molar-refractivity contribution in [1.82, 2.24) is 14.8 Å². The van der Waals surface area contributed by atoms with Crippen LogP contribution < -0.4 is 4.42 Å². The first-order valence-corrected chi connectivity index (χ1v) is 5.49. The van der Waals surface area contributed by atoms with Gasteiger partial charge in [-0.25, -0.2) is 9.07 Å². The molecule has 0 spiro atoms. The largest absolute Gasteiger partial charge is 0.270 e. The predicted octanol–water partition coefficient (Wildman–Crippen LogP) is 2.31. The molecular weight excluding hydrogens is 255 g/mol. The van der Waals surface area contributed by atoms with Gasteiger partial charge < -0.3 is 0 Å². The Balaban J connectivity index is 2.37. The van der Waals surface area contributed by atoms with Gasteiger partial charge in [-0.15, -0.1) is 6.42 Å². The summed E-state index contributed by atoms with van der Waals surface area (Å²) in [5.41, 5.74) is 1.90. The number of terminal acetylenes is 1. The zero-order valence-electron chi connectivity index (χ0n) is 9.64. The van der Waals surface area contributed by atoms with E-state index < -0.39 is 5.82 Å². The van der Waals surface area contributed by atoms with E-state index in [4.69, 9.17) is 18.2 Å². The van der Waals surface area contributed by atoms with Crippen molar-refractivity contribution in [3.05, 3.63) is 36.2 Å². The summed E-state index contributed by atoms with van der Waals surface area (Å²) in [5, 5.41) is 4.24. The van der Waals surface area contributed by atoms with Crippen LogP contribution in [0.4, 0.5) is 10.1 Å². The van der Waals surface area contributed by atoms with Crippen LogP contribution >= 0.6 is 11.8 Å². The van der Waals surface area contributed by atoms with Crippen molar-refractivity contribution in [2.24, 2.45) is 0 Å². The Labute approximate surface area is 109 Å². The molecule has 0 aliphatic carbocycles. The molecule has 0 aliphatic rings. The zero-order chi connectivity index (χ0) is 13.1. The molecule has 0 bridgehead atoms. The van der Waals surface area contributed by atoms with Crippen molar-refractivity contribution in [2.75, 3.05) is 11.0 Å². The predicted molar refractivity (Wildman–Crippen MR) is 68.1 cm³/mol. The number of hydrogen-bond acceptors (Lipinski definition) is 3. The maximum Gasteiger partial charge on any atom is 0.143 e. The maximum atomic E-state index is 13.1. The van der Waals surface area contributed by atoms with Gasteiger partial charge in [-0.3, -0.25) is 9.40 Å². The smallest absolute Gasteiger partial charge is 0.143 e. The second kappa shape index (κ2) is 5.07. The van der Waals surface area contributed by atoms with E-state index in [2.05, 4.69) is 16.0 Å². The number of rotatable bonds is 3. The van der Waals surface area contributed by atoms with Gasteiger partial charge in [0.1, 0.15) is 5.82 Å². The Morgan fingerprint density at radius 1 is 1.56 bits per heavy atom. The lowest BCUT2D eigenvalue weighted by molar-refractivity contribution is 0.618. The summed E-state index contributed by atoms with van der Waals surface area (Å²) in [6.45, 7) is 2.06. The molecule has 0 unspecified atom stereocenters. The minimum Gasteiger partial charge on any atom is -0.270 e. The van der Waals surface area contributed by atoms with Gasteiger partial charge in [0.2, 0.25) is 0 Å². The van der Waals surface area contributed by atoms with Crippen molar-refractivity contribution in [3.63, 3.8) is 0 Å². The first-order valence-electron chi connectivity index (χ1n) is 5.16. The average Bonchev–Trinajstić information content (AvgIpc) is 2.72. The Morgan fingerprint density at radius 2 is 2.33 bits per heavy atom. The molecule has 0 saturated heterocycles. The van der Waals surface area contributed by atoms with E-state index in [-0.39, 0.29) is 6.54 Å². The third-order valence-corrected chi connectivity index (χ3v) is 2.62. The van der Waals surface area contributed by atoms with Crippen LogP contribution in [0, 0.1) is 25.1 Å². The molecule has 18 heavy (non-hydrogen) atoms. The summed E-state index contributed by atoms with van der Waals surface area (Å²) in [6.07, 6.45) is 9.51. The standard InChI is InChI=1S/C12H10ClFN4/c1-3-4-17(13)12-8-18(16-9(12)2)11-5-10(14)6-15-7-11/h1,5-8H,4H2,2H3. The van der Waals surface area contributed by atoms with Crippen LogP contribution in [0.2, 0.25) is 0 Å². The van der Waals surface area contributed by atoms with Crippen molar-refractivity contribution in [2.45, 2.75) is 6.92 Å². The topological polar surface area (TPSA) is 34.0 Å². The average molecular weight is 265 g/mol. The Kier molecular flexibility index (Phi) is 3.49. The van der Waals surface area contributed by atoms with Gasteiger partial charge in [0.05, 0.1) is 42.2 Å². The second-order valence-corrected chi connectivity index (χ2v) is 4.04. The van der Waals surface area contributed by atoms with Crippen LogP contribution in [0.5, 0.6) is 0 Å². The van der Waals surface area contributed by atoms with E-state index in [0.29, 0.717) is 17.1 Å². The minimum absolute atomic E-state index is 0.259. The Bertz CT molecular complexity index is 602. The monoisotopic (exact) mass is 264 g/mol. The molecule has 0 N–H and O–H groups in total. The van der Waals surface area contributed by atoms with Crippen molar-refractivity contribution < 1.29 is 4.39 Å². The fourth-order valence-electron chi connectivity index (χ4n) is 1.51. The van der Waals surface area contributed by atoms with Gasteiger partial charge >= 0.3 is 0 Å². The van der Waals surface area contributed by atoms with Crippen LogP contribution in [-0.2, 0) is 0 Å². The molecule has 92 valence electrons. The number of anilines is 1. The van der Waals surface area contributed by atoms with Crippen LogP contribution in [0.15, 0.2) is 24.7 Å². The Morgan fingerprint density at radius 3 is 3.00 bits per heavy atom. The van der Waals surface area contributed by atoms with Gasteiger partial charge in [0.25, 0.3) is 0 Å². The number of nitrogens with zero attached hydrogens (tertiary/aromatic N) is 4. The minimum atomic E-state index is -0.423. The fourth-order valence-corrected chi connectivity index (χ4v) is 1.75. The third-order valence-electron chi connectivity index (χ3n) is 2.32. The number of halogens is 2. The van der Waals surface area contributed by atoms with Gasteiger partial charge in [0, 0.05) is 17.8 Å². The highest BCUT2D eigenvalue weighted by Crippen LogP contribution is 2.22. The van der Waals surface area contributed by atoms with E-state index in [0.717, 1.165) is 6.20 Å². The molecule has 2 aromatic heterocycles. The molecule has 2 aromatic rings. The molecule has 0 amide bonds. The highest BCUT2D eigenvalue weighted by atomic mass is 35.5. The molecule has 2 heterocycles. The van der Waals surface area contributed by atoms with E-state index in [1.165, 1.54) is 21.4 Å². The number of pyridine rings is 1. The number of hydrogen-bond donors (Lipinski definition) is 0. The van der Waals surface area contributed by atoms with Crippen LogP contribution in [0.1, 0.15) is 5.69 Å². The van der Waals surface area contributed by atoms with Crippen molar-refractivity contribution in [3.8, 4) is 18.0 Å². The van der Waals surface area contributed by atoms with Crippen molar-refractivity contribution in [1.29, 1.82) is 0 Å². The third kappa shape index (κ3) is 2.44. The highest BCUT2D eigenvalue weighted by Gasteiger charge is 2.11. The molecule has 6 heteroatoms. The zero-order valence-corrected chi connectivity index (χ0v) is 10.4. The summed E-state index contributed by atoms with van der Waals surface area (Å²) in [6, 6.07) is 1.34. The molecule has 2 rings (SSSR count). The maximum absolute atomic E-state index is 13.1. The lowest BCUT2D eigenvalue weighted by atomic mass is 10.4. The summed E-state index contributed by atoms with van der Waals surface area (Å²) in [5.74, 6) is 2.01. The van der Waals surface area contributed by atoms with Crippen molar-refractivity contribution >= 4 is 17.5 Å². The molecule has 0 aliphatic heterocycles. The summed E-state index contributed by atoms with van der Waals surface area (Å²) in [7, 11) is 0. The summed E-state index contributed by atoms with van der Waals surface area (Å²) < 4.78 is 16.0. The van der Waals surface area contributed by atoms with E-state index in [9.17, 15) is 4.39 Å². The Hall–Kier alpha value is -2.06. The van der Waals surface area contributed by atoms with Crippen LogP contribution in [0.25, 0.3) is 5.69 Å². The first-order chi connectivity index (χ1) is 8.61. The quantitative estimate of drug-likeness (QED) is 0.630. The molecular formula is C12H10ClFN4. The second-order valence-electron chi connectivity index (χ2n) is 3.63. The highest BCUT2D eigenvalue weighted by molar-refractivity contribution is 6.25. The van der Waals surface area contributed by atoms with Crippen LogP contribution in [-0.4, -0.2) is 21.3 Å². The molecule has 0 atom stereocenters. The first kappa shape index (κ1) is 12.4. The van der Waals surface area contributed by atoms with E-state index in [1.807, 2.05) is 0 Å². The molecule has 0 radical (unpaired) electrons. The SMILES string of the molecule is C#CCN(Cl)c1cn(-c2cncc(F)c2)nc1C. The fraction of sp³-hybridized carbons (Fsp3) is 0.167. The van der Waals surface area contributed by atoms with Gasteiger partial charge in [-0.05, 0) is 6.92 Å². The van der Waals surface area contributed by atoms with E-state index >= 15 is 0 Å². The number of aryl methyl sites for hydroxylation is 1. The molecule has 0 fully saturated rings. The van der Waals surface area contributed by atoms with Crippen LogP contribution in [0.3, 0.4) is 0 Å². The van der Waals surface area contributed by atoms with E-state index in [1.54, 1.807) is 13.1 Å². The molecule has 0 saturated carbocycles. The van der Waals surface area contributed by atoms with Gasteiger partial charge in [0.15, 0.2) is 0 Å².